The smallest absolute Gasteiger partial charge is 0.280 e. The quantitative estimate of drug-likeness (QED) is 0.514. The lowest BCUT2D eigenvalue weighted by atomic mass is 9.94. The van der Waals surface area contributed by atoms with Crippen LogP contribution >= 0.6 is 0 Å². The highest BCUT2D eigenvalue weighted by Gasteiger charge is 2.31. The molecule has 1 atom stereocenters. The van der Waals surface area contributed by atoms with Crippen LogP contribution < -0.4 is 9.47 Å². The fourth-order valence-electron chi connectivity index (χ4n) is 1.99. The third kappa shape index (κ3) is 3.09. The minimum absolute atomic E-state index is 0.0139. The molecule has 1 aliphatic heterocycles. The molecule has 1 heterocycles. The van der Waals surface area contributed by atoms with Gasteiger partial charge in [0, 0.05) is 5.41 Å². The van der Waals surface area contributed by atoms with Crippen molar-refractivity contribution in [1.29, 1.82) is 0 Å². The molecule has 0 amide bonds. The highest BCUT2D eigenvalue weighted by molar-refractivity contribution is 5.67. The summed E-state index contributed by atoms with van der Waals surface area (Å²) in [6.07, 6.45) is -1.04. The number of nitro groups is 1. The number of nitrogens with zero attached hydrogens (tertiary/aromatic N) is 1. The van der Waals surface area contributed by atoms with E-state index < -0.39 is 11.0 Å². The Bertz CT molecular complexity index is 647. The molecule has 0 spiro atoms. The van der Waals surface area contributed by atoms with Gasteiger partial charge in [0.15, 0.2) is 11.5 Å². The zero-order valence-electron chi connectivity index (χ0n) is 12.4. The Hall–Kier alpha value is -2.26. The molecular weight excluding hydrogens is 274 g/mol. The van der Waals surface area contributed by atoms with Crippen molar-refractivity contribution >= 4 is 5.69 Å². The Morgan fingerprint density at radius 3 is 2.62 bits per heavy atom. The summed E-state index contributed by atoms with van der Waals surface area (Å²) in [6.45, 7) is 7.23. The summed E-state index contributed by atoms with van der Waals surface area (Å²) in [5.41, 5.74) is -0.0255. The second kappa shape index (κ2) is 5.26. The van der Waals surface area contributed by atoms with Crippen LogP contribution in [0.4, 0.5) is 5.69 Å². The van der Waals surface area contributed by atoms with E-state index in [4.69, 9.17) is 9.47 Å². The second-order valence-corrected chi connectivity index (χ2v) is 5.85. The zero-order chi connectivity index (χ0) is 15.8. The number of hydrogen-bond acceptors (Lipinski definition) is 5. The van der Waals surface area contributed by atoms with Gasteiger partial charge in [-0.3, -0.25) is 10.1 Å². The lowest BCUT2D eigenvalue weighted by molar-refractivity contribution is -0.386. The number of hydrogen-bond donors (Lipinski definition) is 1. The van der Waals surface area contributed by atoms with Crippen molar-refractivity contribution in [3.63, 3.8) is 0 Å². The average Bonchev–Trinajstić information content (AvgIpc) is 2.81. The molecule has 21 heavy (non-hydrogen) atoms. The van der Waals surface area contributed by atoms with Gasteiger partial charge in [-0.15, -0.1) is 0 Å². The first-order chi connectivity index (χ1) is 9.70. The standard InChI is InChI=1S/C15H17NO5/c1-9(17)13-10(5-6-15(2,3)4)14-12(20-8-21-14)7-11(13)16(18)19/h7,9,17H,8H2,1-4H3. The van der Waals surface area contributed by atoms with Gasteiger partial charge in [0.2, 0.25) is 6.79 Å². The number of aliphatic hydroxyl groups is 1. The first-order valence-electron chi connectivity index (χ1n) is 6.53. The first kappa shape index (κ1) is 15.1. The largest absolute Gasteiger partial charge is 0.453 e. The highest BCUT2D eigenvalue weighted by Crippen LogP contribution is 2.44. The summed E-state index contributed by atoms with van der Waals surface area (Å²) in [7, 11) is 0. The Labute approximate surface area is 122 Å². The summed E-state index contributed by atoms with van der Waals surface area (Å²) in [6, 6.07) is 1.27. The predicted molar refractivity (Wildman–Crippen MR) is 76.2 cm³/mol. The van der Waals surface area contributed by atoms with Crippen LogP contribution in [-0.4, -0.2) is 16.8 Å². The van der Waals surface area contributed by atoms with Gasteiger partial charge >= 0.3 is 0 Å². The SMILES string of the molecule is CC(O)c1c([N+](=O)[O-])cc2c(c1C#CC(C)(C)C)OCO2. The molecule has 1 aliphatic rings. The molecule has 0 radical (unpaired) electrons. The third-order valence-electron chi connectivity index (χ3n) is 2.86. The Morgan fingerprint density at radius 1 is 1.43 bits per heavy atom. The Kier molecular flexibility index (Phi) is 3.79. The van der Waals surface area contributed by atoms with E-state index in [0.29, 0.717) is 11.3 Å². The van der Waals surface area contributed by atoms with Gasteiger partial charge in [-0.2, -0.15) is 0 Å². The zero-order valence-corrected chi connectivity index (χ0v) is 12.4. The minimum atomic E-state index is -1.04. The van der Waals surface area contributed by atoms with Gasteiger partial charge in [0.05, 0.1) is 28.2 Å². The normalized spacial score (nSPS) is 14.3. The fourth-order valence-corrected chi connectivity index (χ4v) is 1.99. The number of fused-ring (bicyclic) bond motifs is 1. The van der Waals surface area contributed by atoms with Gasteiger partial charge in [0.25, 0.3) is 5.69 Å². The number of aliphatic hydroxyl groups excluding tert-OH is 1. The van der Waals surface area contributed by atoms with Gasteiger partial charge in [-0.05, 0) is 27.7 Å². The summed E-state index contributed by atoms with van der Waals surface area (Å²) in [4.78, 5) is 10.7. The summed E-state index contributed by atoms with van der Waals surface area (Å²) in [5, 5.41) is 21.2. The molecule has 2 rings (SSSR count). The van der Waals surface area contributed by atoms with Crippen molar-refractivity contribution in [1.82, 2.24) is 0 Å². The van der Waals surface area contributed by atoms with E-state index in [1.807, 2.05) is 20.8 Å². The molecule has 112 valence electrons. The Balaban J connectivity index is 2.75. The molecule has 6 heteroatoms. The number of rotatable bonds is 2. The number of nitro benzene ring substituents is 1. The molecular formula is C15H17NO5. The maximum absolute atomic E-state index is 11.2. The topological polar surface area (TPSA) is 81.8 Å². The first-order valence-corrected chi connectivity index (χ1v) is 6.53. The number of ether oxygens (including phenoxy) is 2. The van der Waals surface area contributed by atoms with Crippen LogP contribution in [0.1, 0.15) is 44.9 Å². The van der Waals surface area contributed by atoms with Gasteiger partial charge in [-0.1, -0.05) is 11.8 Å². The molecule has 0 aromatic heterocycles. The Morgan fingerprint density at radius 2 is 2.10 bits per heavy atom. The van der Waals surface area contributed by atoms with Crippen LogP contribution in [0, 0.1) is 27.4 Å². The summed E-state index contributed by atoms with van der Waals surface area (Å²) >= 11 is 0. The molecule has 0 fully saturated rings. The van der Waals surface area contributed by atoms with Crippen LogP contribution in [-0.2, 0) is 0 Å². The van der Waals surface area contributed by atoms with E-state index in [2.05, 4.69) is 11.8 Å². The average molecular weight is 291 g/mol. The number of benzene rings is 1. The molecule has 6 nitrogen and oxygen atoms in total. The van der Waals surface area contributed by atoms with Crippen LogP contribution in [0.5, 0.6) is 11.5 Å². The third-order valence-corrected chi connectivity index (χ3v) is 2.86. The summed E-state index contributed by atoms with van der Waals surface area (Å²) in [5.74, 6) is 6.56. The molecule has 0 aliphatic carbocycles. The maximum Gasteiger partial charge on any atom is 0.280 e. The molecule has 0 bridgehead atoms. The van der Waals surface area contributed by atoms with Crippen LogP contribution in [0.25, 0.3) is 0 Å². The van der Waals surface area contributed by atoms with Crippen molar-refractivity contribution in [3.05, 3.63) is 27.3 Å². The van der Waals surface area contributed by atoms with Crippen molar-refractivity contribution in [3.8, 4) is 23.3 Å². The van der Waals surface area contributed by atoms with E-state index in [-0.39, 0.29) is 29.2 Å². The van der Waals surface area contributed by atoms with Crippen LogP contribution in [0.3, 0.4) is 0 Å². The minimum Gasteiger partial charge on any atom is -0.453 e. The molecule has 0 saturated carbocycles. The van der Waals surface area contributed by atoms with Crippen molar-refractivity contribution in [2.24, 2.45) is 5.41 Å². The van der Waals surface area contributed by atoms with Gasteiger partial charge < -0.3 is 14.6 Å². The molecule has 1 aromatic rings. The van der Waals surface area contributed by atoms with Crippen LogP contribution in [0.2, 0.25) is 0 Å². The van der Waals surface area contributed by atoms with E-state index in [9.17, 15) is 15.2 Å². The molecule has 0 saturated heterocycles. The maximum atomic E-state index is 11.2. The van der Waals surface area contributed by atoms with E-state index in [0.717, 1.165) is 0 Å². The lowest BCUT2D eigenvalue weighted by Gasteiger charge is -2.12. The predicted octanol–water partition coefficient (Wildman–Crippen LogP) is 2.77. The van der Waals surface area contributed by atoms with E-state index >= 15 is 0 Å². The van der Waals surface area contributed by atoms with E-state index in [1.54, 1.807) is 0 Å². The van der Waals surface area contributed by atoms with Crippen molar-refractivity contribution in [2.75, 3.05) is 6.79 Å². The van der Waals surface area contributed by atoms with Crippen molar-refractivity contribution in [2.45, 2.75) is 33.8 Å². The fraction of sp³-hybridized carbons (Fsp3) is 0.467. The van der Waals surface area contributed by atoms with Gasteiger partial charge in [-0.25, -0.2) is 0 Å². The van der Waals surface area contributed by atoms with E-state index in [1.165, 1.54) is 13.0 Å². The van der Waals surface area contributed by atoms with Crippen molar-refractivity contribution < 1.29 is 19.5 Å². The van der Waals surface area contributed by atoms with Gasteiger partial charge in [0.1, 0.15) is 0 Å². The monoisotopic (exact) mass is 291 g/mol. The molecule has 1 unspecified atom stereocenters. The second-order valence-electron chi connectivity index (χ2n) is 5.85. The molecule has 1 aromatic carbocycles. The highest BCUT2D eigenvalue weighted by atomic mass is 16.7. The lowest BCUT2D eigenvalue weighted by Crippen LogP contribution is -2.05. The summed E-state index contributed by atoms with van der Waals surface area (Å²) < 4.78 is 10.6. The van der Waals surface area contributed by atoms with Crippen LogP contribution in [0.15, 0.2) is 6.07 Å². The molecule has 1 N–H and O–H groups in total.